The molecule has 0 amide bonds. The van der Waals surface area contributed by atoms with Gasteiger partial charge in [-0.15, -0.1) is 0 Å². The standard InChI is InChI=1S/CHF3O3S.Ce.H2S/c2-1(3,4)8(5,6)7;;/h(H,5,6,7);;1H2. The van der Waals surface area contributed by atoms with E-state index < -0.39 is 15.6 Å². The average Bonchev–Trinajstić information content (AvgIpc) is 1.25. The molecule has 0 unspecified atom stereocenters. The number of halogens is 3. The summed E-state index contributed by atoms with van der Waals surface area (Å²) in [5.74, 6) is 0. The second-order valence-corrected chi connectivity index (χ2v) is 2.33. The van der Waals surface area contributed by atoms with Crippen LogP contribution in [0.5, 0.6) is 0 Å². The molecule has 0 fully saturated rings. The molecule has 0 radical (unpaired) electrons. The Morgan fingerprint density at radius 2 is 1.30 bits per heavy atom. The molecule has 0 aromatic heterocycles. The van der Waals surface area contributed by atoms with Gasteiger partial charge in [-0.2, -0.15) is 35.1 Å². The minimum atomic E-state index is -5.84. The van der Waals surface area contributed by atoms with E-state index in [1.54, 1.807) is 0 Å². The van der Waals surface area contributed by atoms with Gasteiger partial charge in [-0.1, -0.05) is 0 Å². The first-order chi connectivity index (χ1) is 3.25. The quantitative estimate of drug-likeness (QED) is 0.522. The van der Waals surface area contributed by atoms with E-state index in [9.17, 15) is 13.2 Å². The van der Waals surface area contributed by atoms with E-state index in [-0.39, 0.29) is 55.2 Å². The molecular weight excluding hydrogens is 321 g/mol. The zero-order valence-corrected chi connectivity index (χ0v) is 9.26. The van der Waals surface area contributed by atoms with Crippen molar-refractivity contribution in [1.29, 1.82) is 0 Å². The molecule has 0 aliphatic carbocycles. The van der Waals surface area contributed by atoms with Crippen LogP contribution < -0.4 is 0 Å². The van der Waals surface area contributed by atoms with Gasteiger partial charge >= 0.3 is 15.6 Å². The fraction of sp³-hybridized carbons (Fsp3) is 1.00. The van der Waals surface area contributed by atoms with E-state index >= 15 is 0 Å². The van der Waals surface area contributed by atoms with Crippen LogP contribution in [0.25, 0.3) is 0 Å². The smallest absolute Gasteiger partial charge is 0.279 e. The molecule has 10 heavy (non-hydrogen) atoms. The van der Waals surface area contributed by atoms with Crippen LogP contribution in [0, 0.1) is 41.7 Å². The summed E-state index contributed by atoms with van der Waals surface area (Å²) in [4.78, 5) is 0. The third kappa shape index (κ3) is 6.16. The number of hydrogen-bond donors (Lipinski definition) is 1. The van der Waals surface area contributed by atoms with Gasteiger partial charge in [-0.3, -0.25) is 4.55 Å². The number of rotatable bonds is 0. The SMILES string of the molecule is O=S(=O)(O)C(F)(F)F.S.[Ce]. The molecule has 0 saturated heterocycles. The molecule has 1 N–H and O–H groups in total. The molecule has 0 spiro atoms. The summed E-state index contributed by atoms with van der Waals surface area (Å²) in [5, 5.41) is 0. The molecular formula is CH3CeF3O3S2. The van der Waals surface area contributed by atoms with Crippen LogP contribution in [-0.4, -0.2) is 18.5 Å². The maximum absolute atomic E-state index is 10.7. The van der Waals surface area contributed by atoms with Crippen molar-refractivity contribution in [3.8, 4) is 0 Å². The van der Waals surface area contributed by atoms with Gasteiger partial charge in [0.25, 0.3) is 0 Å². The summed E-state index contributed by atoms with van der Waals surface area (Å²) in [6.45, 7) is 0. The van der Waals surface area contributed by atoms with Gasteiger partial charge in [-0.25, -0.2) is 0 Å². The second kappa shape index (κ2) is 5.14. The van der Waals surface area contributed by atoms with E-state index in [2.05, 4.69) is 0 Å². The van der Waals surface area contributed by atoms with Crippen LogP contribution in [0.15, 0.2) is 0 Å². The van der Waals surface area contributed by atoms with Gasteiger partial charge in [-0.05, 0) is 0 Å². The van der Waals surface area contributed by atoms with Crippen LogP contribution in [-0.2, 0) is 10.1 Å². The Balaban J connectivity index is -0.000000245. The second-order valence-electron chi connectivity index (χ2n) is 0.921. The third-order valence-electron chi connectivity index (χ3n) is 0.292. The average molecular weight is 324 g/mol. The van der Waals surface area contributed by atoms with E-state index in [0.717, 1.165) is 0 Å². The maximum atomic E-state index is 10.7. The third-order valence-corrected chi connectivity index (χ3v) is 0.877. The Morgan fingerprint density at radius 1 is 1.20 bits per heavy atom. The van der Waals surface area contributed by atoms with Crippen LogP contribution in [0.3, 0.4) is 0 Å². The molecule has 0 heterocycles. The van der Waals surface area contributed by atoms with Gasteiger partial charge in [0.15, 0.2) is 0 Å². The summed E-state index contributed by atoms with van der Waals surface area (Å²) in [5.41, 5.74) is -5.53. The Kier molecular flexibility index (Phi) is 8.99. The summed E-state index contributed by atoms with van der Waals surface area (Å²) < 4.78 is 57.5. The minimum Gasteiger partial charge on any atom is -0.279 e. The topological polar surface area (TPSA) is 54.4 Å². The summed E-state index contributed by atoms with van der Waals surface area (Å²) in [6, 6.07) is 0. The zero-order chi connectivity index (χ0) is 7.00. The molecule has 9 heteroatoms. The predicted octanol–water partition coefficient (Wildman–Crippen LogP) is 0.507. The Bertz CT molecular complexity index is 171. The van der Waals surface area contributed by atoms with Crippen molar-refractivity contribution >= 4 is 23.6 Å². The van der Waals surface area contributed by atoms with E-state index in [1.165, 1.54) is 0 Å². The Hall–Kier alpha value is 1.43. The fourth-order valence-electron chi connectivity index (χ4n) is 0. The van der Waals surface area contributed by atoms with E-state index in [0.29, 0.717) is 0 Å². The Labute approximate surface area is 95.9 Å². The number of alkyl halides is 3. The molecule has 0 aliphatic heterocycles. The van der Waals surface area contributed by atoms with Gasteiger partial charge < -0.3 is 0 Å². The first-order valence-electron chi connectivity index (χ1n) is 1.29. The molecule has 0 aliphatic rings. The van der Waals surface area contributed by atoms with E-state index in [4.69, 9.17) is 13.0 Å². The van der Waals surface area contributed by atoms with Gasteiger partial charge in [0.2, 0.25) is 0 Å². The van der Waals surface area contributed by atoms with Crippen molar-refractivity contribution in [2.24, 2.45) is 0 Å². The van der Waals surface area contributed by atoms with Gasteiger partial charge in [0.1, 0.15) is 0 Å². The first kappa shape index (κ1) is 17.5. The predicted molar refractivity (Wildman–Crippen MR) is 28.0 cm³/mol. The van der Waals surface area contributed by atoms with Crippen molar-refractivity contribution in [2.75, 3.05) is 0 Å². The van der Waals surface area contributed by atoms with Crippen molar-refractivity contribution in [3.05, 3.63) is 0 Å². The number of hydrogen-bond acceptors (Lipinski definition) is 2. The van der Waals surface area contributed by atoms with Gasteiger partial charge in [0.05, 0.1) is 0 Å². The molecule has 0 rings (SSSR count). The molecule has 0 saturated carbocycles. The van der Waals surface area contributed by atoms with Crippen LogP contribution in [0.1, 0.15) is 0 Å². The molecule has 0 atom stereocenters. The van der Waals surface area contributed by atoms with Crippen molar-refractivity contribution in [2.45, 2.75) is 5.51 Å². The van der Waals surface area contributed by atoms with Crippen LogP contribution >= 0.6 is 13.5 Å². The maximum Gasteiger partial charge on any atom is 0.522 e. The van der Waals surface area contributed by atoms with Crippen molar-refractivity contribution in [1.82, 2.24) is 0 Å². The van der Waals surface area contributed by atoms with Crippen molar-refractivity contribution < 1.29 is 67.9 Å². The van der Waals surface area contributed by atoms with Crippen molar-refractivity contribution in [3.63, 3.8) is 0 Å². The molecule has 0 aromatic carbocycles. The summed E-state index contributed by atoms with van der Waals surface area (Å²) >= 11 is 0. The first-order valence-corrected chi connectivity index (χ1v) is 2.73. The fourth-order valence-corrected chi connectivity index (χ4v) is 0. The summed E-state index contributed by atoms with van der Waals surface area (Å²) in [7, 11) is -5.84. The monoisotopic (exact) mass is 324 g/mol. The van der Waals surface area contributed by atoms with Crippen LogP contribution in [0.4, 0.5) is 13.2 Å². The zero-order valence-electron chi connectivity index (χ0n) is 4.31. The molecule has 0 bridgehead atoms. The Morgan fingerprint density at radius 3 is 1.30 bits per heavy atom. The van der Waals surface area contributed by atoms with Crippen LogP contribution in [0.2, 0.25) is 0 Å². The molecule has 0 aromatic rings. The minimum absolute atomic E-state index is 0. The van der Waals surface area contributed by atoms with E-state index in [1.807, 2.05) is 0 Å². The normalized spacial score (nSPS) is 11.2. The summed E-state index contributed by atoms with van der Waals surface area (Å²) in [6.07, 6.45) is 0. The van der Waals surface area contributed by atoms with Gasteiger partial charge in [0, 0.05) is 41.7 Å². The largest absolute Gasteiger partial charge is 0.522 e. The molecule has 62 valence electrons. The molecule has 3 nitrogen and oxygen atoms in total.